The number of aliphatic hydroxyl groups excluding tert-OH is 1. The van der Waals surface area contributed by atoms with Crippen LogP contribution in [-0.2, 0) is 6.54 Å². The number of nitrogens with zero attached hydrogens (tertiary/aromatic N) is 2. The summed E-state index contributed by atoms with van der Waals surface area (Å²) in [4.78, 5) is 7.76. The van der Waals surface area contributed by atoms with Gasteiger partial charge in [-0.3, -0.25) is 4.90 Å². The van der Waals surface area contributed by atoms with E-state index in [1.165, 1.54) is 0 Å². The summed E-state index contributed by atoms with van der Waals surface area (Å²) in [6.07, 6.45) is 4.00. The number of unbranched alkanes of at least 4 members (excludes halogenated alkanes) is 1. The summed E-state index contributed by atoms with van der Waals surface area (Å²) in [7, 11) is 0. The number of oxazole rings is 1. The van der Waals surface area contributed by atoms with E-state index < -0.39 is 0 Å². The summed E-state index contributed by atoms with van der Waals surface area (Å²) in [5.41, 5.74) is 0.924. The molecule has 0 aliphatic heterocycles. The minimum atomic E-state index is 0.180. The normalized spacial score (nSPS) is 11.3. The Balaban J connectivity index is 1.97. The van der Waals surface area contributed by atoms with Crippen molar-refractivity contribution in [3.05, 3.63) is 29.5 Å². The molecule has 104 valence electrons. The molecule has 2 aromatic heterocycles. The molecule has 0 saturated carbocycles. The maximum Gasteiger partial charge on any atom is 0.236 e. The van der Waals surface area contributed by atoms with Crippen molar-refractivity contribution in [2.24, 2.45) is 0 Å². The smallest absolute Gasteiger partial charge is 0.236 e. The van der Waals surface area contributed by atoms with Crippen LogP contribution in [-0.4, -0.2) is 34.7 Å². The molecule has 0 aliphatic carbocycles. The Kier molecular flexibility index (Phi) is 5.57. The van der Waals surface area contributed by atoms with Crippen molar-refractivity contribution in [1.82, 2.24) is 9.88 Å². The Labute approximate surface area is 117 Å². The zero-order valence-electron chi connectivity index (χ0n) is 11.2. The molecule has 19 heavy (non-hydrogen) atoms. The molecule has 0 radical (unpaired) electrons. The summed E-state index contributed by atoms with van der Waals surface area (Å²) >= 11 is 1.62. The van der Waals surface area contributed by atoms with E-state index >= 15 is 0 Å². The fraction of sp³-hybridized carbons (Fsp3) is 0.500. The van der Waals surface area contributed by atoms with Gasteiger partial charge in [0.2, 0.25) is 5.89 Å². The zero-order valence-corrected chi connectivity index (χ0v) is 12.0. The third-order valence-electron chi connectivity index (χ3n) is 2.91. The average molecular weight is 280 g/mol. The molecule has 0 spiro atoms. The summed E-state index contributed by atoms with van der Waals surface area (Å²) in [6, 6.07) is 3.99. The monoisotopic (exact) mass is 280 g/mol. The van der Waals surface area contributed by atoms with Gasteiger partial charge in [-0.05, 0) is 24.4 Å². The Morgan fingerprint density at radius 1 is 1.42 bits per heavy atom. The van der Waals surface area contributed by atoms with Crippen molar-refractivity contribution in [3.63, 3.8) is 0 Å². The van der Waals surface area contributed by atoms with Crippen LogP contribution in [0.15, 0.2) is 28.2 Å². The maximum absolute atomic E-state index is 9.09. The van der Waals surface area contributed by atoms with Gasteiger partial charge in [-0.25, -0.2) is 4.98 Å². The summed E-state index contributed by atoms with van der Waals surface area (Å²) in [6.45, 7) is 4.75. The van der Waals surface area contributed by atoms with Gasteiger partial charge in [0.05, 0.1) is 17.2 Å². The molecule has 0 bridgehead atoms. The van der Waals surface area contributed by atoms with Gasteiger partial charge in [0.25, 0.3) is 0 Å². The first-order valence-corrected chi connectivity index (χ1v) is 7.53. The minimum Gasteiger partial charge on any atom is -0.444 e. The third kappa shape index (κ3) is 4.16. The standard InChI is InChI=1S/C14H20N2O2S/c1-2-3-6-16(7-8-17)10-12-11-18-14(15-12)13-5-4-9-19-13/h4-5,9,11,17H,2-3,6-8,10H2,1H3. The highest BCUT2D eigenvalue weighted by Gasteiger charge is 2.11. The van der Waals surface area contributed by atoms with Gasteiger partial charge >= 0.3 is 0 Å². The van der Waals surface area contributed by atoms with Crippen molar-refractivity contribution in [1.29, 1.82) is 0 Å². The maximum atomic E-state index is 9.09. The van der Waals surface area contributed by atoms with Gasteiger partial charge in [-0.2, -0.15) is 0 Å². The van der Waals surface area contributed by atoms with Crippen molar-refractivity contribution in [2.45, 2.75) is 26.3 Å². The van der Waals surface area contributed by atoms with Gasteiger partial charge in [-0.1, -0.05) is 19.4 Å². The van der Waals surface area contributed by atoms with E-state index in [1.54, 1.807) is 17.6 Å². The van der Waals surface area contributed by atoms with Gasteiger partial charge in [0, 0.05) is 13.1 Å². The van der Waals surface area contributed by atoms with Crippen LogP contribution in [0.2, 0.25) is 0 Å². The van der Waals surface area contributed by atoms with Crippen LogP contribution in [0.25, 0.3) is 10.8 Å². The lowest BCUT2D eigenvalue weighted by Gasteiger charge is -2.19. The van der Waals surface area contributed by atoms with Gasteiger partial charge in [0.15, 0.2) is 0 Å². The number of thiophene rings is 1. The van der Waals surface area contributed by atoms with Gasteiger partial charge in [-0.15, -0.1) is 11.3 Å². The van der Waals surface area contributed by atoms with Crippen molar-refractivity contribution < 1.29 is 9.52 Å². The predicted molar refractivity (Wildman–Crippen MR) is 77.1 cm³/mol. The lowest BCUT2D eigenvalue weighted by Crippen LogP contribution is -2.27. The largest absolute Gasteiger partial charge is 0.444 e. The number of hydrogen-bond donors (Lipinski definition) is 1. The molecular formula is C14H20N2O2S. The Bertz CT molecular complexity index is 468. The topological polar surface area (TPSA) is 49.5 Å². The second-order valence-corrected chi connectivity index (χ2v) is 5.42. The van der Waals surface area contributed by atoms with E-state index in [0.29, 0.717) is 12.4 Å². The molecular weight excluding hydrogens is 260 g/mol. The molecule has 0 saturated heterocycles. The zero-order chi connectivity index (χ0) is 13.5. The SMILES string of the molecule is CCCCN(CCO)Cc1coc(-c2cccs2)n1. The summed E-state index contributed by atoms with van der Waals surface area (Å²) in [5, 5.41) is 11.1. The summed E-state index contributed by atoms with van der Waals surface area (Å²) < 4.78 is 5.50. The van der Waals surface area contributed by atoms with Crippen LogP contribution in [0.5, 0.6) is 0 Å². The molecule has 4 nitrogen and oxygen atoms in total. The van der Waals surface area contributed by atoms with Crippen LogP contribution in [0.1, 0.15) is 25.5 Å². The lowest BCUT2D eigenvalue weighted by atomic mass is 10.3. The first-order chi connectivity index (χ1) is 9.33. The molecule has 2 aromatic rings. The van der Waals surface area contributed by atoms with E-state index in [1.807, 2.05) is 17.5 Å². The molecule has 0 atom stereocenters. The van der Waals surface area contributed by atoms with Crippen LogP contribution in [0, 0.1) is 0 Å². The van der Waals surface area contributed by atoms with Crippen molar-refractivity contribution in [3.8, 4) is 10.8 Å². The molecule has 2 heterocycles. The number of hydrogen-bond acceptors (Lipinski definition) is 5. The molecule has 0 aliphatic rings. The highest BCUT2D eigenvalue weighted by molar-refractivity contribution is 7.13. The summed E-state index contributed by atoms with van der Waals surface area (Å²) in [5.74, 6) is 0.685. The number of aliphatic hydroxyl groups is 1. The first kappa shape index (κ1) is 14.2. The van der Waals surface area contributed by atoms with Crippen molar-refractivity contribution in [2.75, 3.05) is 19.7 Å². The van der Waals surface area contributed by atoms with Crippen LogP contribution >= 0.6 is 11.3 Å². The Hall–Kier alpha value is -1.17. The van der Waals surface area contributed by atoms with Crippen molar-refractivity contribution >= 4 is 11.3 Å². The molecule has 2 rings (SSSR count). The highest BCUT2D eigenvalue weighted by Crippen LogP contribution is 2.23. The van der Waals surface area contributed by atoms with Crippen LogP contribution in [0.4, 0.5) is 0 Å². The van der Waals surface area contributed by atoms with Gasteiger partial charge < -0.3 is 9.52 Å². The van der Waals surface area contributed by atoms with E-state index in [2.05, 4.69) is 16.8 Å². The van der Waals surface area contributed by atoms with Crippen LogP contribution in [0.3, 0.4) is 0 Å². The molecule has 0 unspecified atom stereocenters. The Morgan fingerprint density at radius 3 is 3.00 bits per heavy atom. The lowest BCUT2D eigenvalue weighted by molar-refractivity contribution is 0.187. The molecule has 5 heteroatoms. The second kappa shape index (κ2) is 7.43. The fourth-order valence-electron chi connectivity index (χ4n) is 1.92. The number of rotatable bonds is 8. The molecule has 0 amide bonds. The minimum absolute atomic E-state index is 0.180. The third-order valence-corrected chi connectivity index (χ3v) is 3.77. The molecule has 1 N–H and O–H groups in total. The van der Waals surface area contributed by atoms with E-state index in [-0.39, 0.29) is 6.61 Å². The highest BCUT2D eigenvalue weighted by atomic mass is 32.1. The Morgan fingerprint density at radius 2 is 2.32 bits per heavy atom. The predicted octanol–water partition coefficient (Wildman–Crippen LogP) is 3.00. The quantitative estimate of drug-likeness (QED) is 0.807. The van der Waals surface area contributed by atoms with E-state index in [0.717, 1.165) is 36.5 Å². The molecule has 0 aromatic carbocycles. The molecule has 0 fully saturated rings. The van der Waals surface area contributed by atoms with E-state index in [9.17, 15) is 0 Å². The van der Waals surface area contributed by atoms with E-state index in [4.69, 9.17) is 9.52 Å². The fourth-order valence-corrected chi connectivity index (χ4v) is 2.57. The second-order valence-electron chi connectivity index (χ2n) is 4.47. The number of aromatic nitrogens is 1. The van der Waals surface area contributed by atoms with Gasteiger partial charge in [0.1, 0.15) is 6.26 Å². The van der Waals surface area contributed by atoms with Crippen LogP contribution < -0.4 is 0 Å². The average Bonchev–Trinajstić information content (AvgIpc) is 3.06. The first-order valence-electron chi connectivity index (χ1n) is 6.65.